The minimum atomic E-state index is -0.597. The first-order valence-electron chi connectivity index (χ1n) is 10.8. The first-order valence-corrected chi connectivity index (χ1v) is 10.8. The van der Waals surface area contributed by atoms with E-state index in [1.807, 2.05) is 31.2 Å². The van der Waals surface area contributed by atoms with Crippen LogP contribution in [0.3, 0.4) is 0 Å². The van der Waals surface area contributed by atoms with Gasteiger partial charge < -0.3 is 24.8 Å². The highest BCUT2D eigenvalue weighted by Gasteiger charge is 2.23. The van der Waals surface area contributed by atoms with Gasteiger partial charge in [-0.3, -0.25) is 0 Å². The van der Waals surface area contributed by atoms with Gasteiger partial charge in [0.2, 0.25) is 0 Å². The number of carbonyl (C=O) groups is 1. The number of aromatic nitrogens is 3. The summed E-state index contributed by atoms with van der Waals surface area (Å²) in [5, 5.41) is 2.73. The lowest BCUT2D eigenvalue weighted by Crippen LogP contribution is -2.50. The molecule has 2 amide bonds. The van der Waals surface area contributed by atoms with Gasteiger partial charge >= 0.3 is 6.03 Å². The zero-order chi connectivity index (χ0) is 23.7. The number of rotatable bonds is 4. The third-order valence-corrected chi connectivity index (χ3v) is 5.74. The van der Waals surface area contributed by atoms with E-state index in [4.69, 9.17) is 4.74 Å². The molecule has 5 rings (SSSR count). The maximum Gasteiger partial charge on any atom is 0.322 e. The third-order valence-electron chi connectivity index (χ3n) is 5.74. The number of fused-ring (bicyclic) bond motifs is 1. The van der Waals surface area contributed by atoms with Gasteiger partial charge in [0.05, 0.1) is 29.0 Å². The third kappa shape index (κ3) is 4.34. The summed E-state index contributed by atoms with van der Waals surface area (Å²) >= 11 is 0. The Hall–Kier alpha value is -4.21. The van der Waals surface area contributed by atoms with Gasteiger partial charge in [0.1, 0.15) is 23.2 Å². The van der Waals surface area contributed by atoms with Crippen LogP contribution >= 0.6 is 0 Å². The van der Waals surface area contributed by atoms with Gasteiger partial charge in [-0.05, 0) is 43.3 Å². The van der Waals surface area contributed by atoms with Crippen LogP contribution in [0.5, 0.6) is 11.5 Å². The lowest BCUT2D eigenvalue weighted by Gasteiger charge is -2.36. The fraction of sp³-hybridized carbons (Fsp3) is 0.208. The van der Waals surface area contributed by atoms with Crippen molar-refractivity contribution in [3.8, 4) is 11.5 Å². The molecule has 1 aliphatic rings. The number of halogens is 2. The maximum absolute atomic E-state index is 14.2. The summed E-state index contributed by atoms with van der Waals surface area (Å²) in [7, 11) is 0. The molecule has 0 unspecified atom stereocenters. The summed E-state index contributed by atoms with van der Waals surface area (Å²) in [5.74, 6) is 0.750. The number of H-pyrrole nitrogens is 1. The number of anilines is 2. The molecule has 2 aromatic heterocycles. The maximum atomic E-state index is 14.2. The largest absolute Gasteiger partial charge is 0.454 e. The Labute approximate surface area is 194 Å². The number of amides is 2. The average Bonchev–Trinajstić information content (AvgIpc) is 3.28. The predicted octanol–water partition coefficient (Wildman–Crippen LogP) is 4.69. The number of ether oxygens (including phenoxy) is 1. The van der Waals surface area contributed by atoms with Gasteiger partial charge in [0, 0.05) is 38.1 Å². The summed E-state index contributed by atoms with van der Waals surface area (Å²) in [6, 6.07) is 9.41. The van der Waals surface area contributed by atoms with Gasteiger partial charge in [0.15, 0.2) is 5.75 Å². The molecule has 174 valence electrons. The summed E-state index contributed by atoms with van der Waals surface area (Å²) in [5.41, 5.74) is 1.26. The fourth-order valence-corrected chi connectivity index (χ4v) is 3.93. The van der Waals surface area contributed by atoms with Crippen molar-refractivity contribution in [2.45, 2.75) is 6.92 Å². The molecule has 34 heavy (non-hydrogen) atoms. The molecule has 0 aliphatic carbocycles. The standard InChI is InChI=1S/C24H22F2N6O2/c1-15-27-12-18(13-28-15)34-17-4-2-16(3-5-17)31-8-10-32(11-9-31)24(33)30-21-14-29-23-20(26)7-6-19(25)22(21)23/h2-7,12-14,29H,8-11H2,1H3,(H,30,33). The Morgan fingerprint density at radius 3 is 2.35 bits per heavy atom. The number of nitrogens with zero attached hydrogens (tertiary/aromatic N) is 4. The topological polar surface area (TPSA) is 86.4 Å². The molecule has 1 aliphatic heterocycles. The Morgan fingerprint density at radius 1 is 0.971 bits per heavy atom. The highest BCUT2D eigenvalue weighted by Crippen LogP contribution is 2.29. The number of hydrogen-bond donors (Lipinski definition) is 2. The van der Waals surface area contributed by atoms with Crippen molar-refractivity contribution in [3.63, 3.8) is 0 Å². The normalized spacial score (nSPS) is 13.9. The van der Waals surface area contributed by atoms with E-state index in [0.717, 1.165) is 17.8 Å². The molecule has 10 heteroatoms. The molecule has 0 saturated carbocycles. The van der Waals surface area contributed by atoms with Crippen molar-refractivity contribution < 1.29 is 18.3 Å². The molecule has 2 aromatic carbocycles. The number of piperazine rings is 1. The van der Waals surface area contributed by atoms with Crippen LogP contribution in [0.2, 0.25) is 0 Å². The number of aryl methyl sites for hydroxylation is 1. The van der Waals surface area contributed by atoms with Crippen molar-refractivity contribution in [2.24, 2.45) is 0 Å². The van der Waals surface area contributed by atoms with Crippen LogP contribution in [-0.2, 0) is 0 Å². The molecule has 0 spiro atoms. The van der Waals surface area contributed by atoms with Crippen LogP contribution in [0.4, 0.5) is 25.0 Å². The van der Waals surface area contributed by atoms with Gasteiger partial charge in [0.25, 0.3) is 0 Å². The molecule has 4 aromatic rings. The lowest BCUT2D eigenvalue weighted by atomic mass is 10.2. The number of benzene rings is 2. The molecule has 1 fully saturated rings. The first kappa shape index (κ1) is 21.6. The van der Waals surface area contributed by atoms with Crippen LogP contribution in [0.15, 0.2) is 55.0 Å². The van der Waals surface area contributed by atoms with Crippen molar-refractivity contribution in [2.75, 3.05) is 36.4 Å². The van der Waals surface area contributed by atoms with Crippen molar-refractivity contribution in [1.82, 2.24) is 19.9 Å². The van der Waals surface area contributed by atoms with E-state index < -0.39 is 11.6 Å². The smallest absolute Gasteiger partial charge is 0.322 e. The number of carbonyl (C=O) groups excluding carboxylic acids is 1. The van der Waals surface area contributed by atoms with Gasteiger partial charge in [-0.2, -0.15) is 0 Å². The summed E-state index contributed by atoms with van der Waals surface area (Å²) in [6.07, 6.45) is 4.65. The summed E-state index contributed by atoms with van der Waals surface area (Å²) in [6.45, 7) is 4.06. The molecule has 2 N–H and O–H groups in total. The number of urea groups is 1. The zero-order valence-electron chi connectivity index (χ0n) is 18.4. The average molecular weight is 464 g/mol. The predicted molar refractivity (Wildman–Crippen MR) is 124 cm³/mol. The van der Waals surface area contributed by atoms with Crippen molar-refractivity contribution >= 4 is 28.3 Å². The summed E-state index contributed by atoms with van der Waals surface area (Å²) in [4.78, 5) is 27.5. The monoisotopic (exact) mass is 464 g/mol. The molecule has 8 nitrogen and oxygen atoms in total. The summed E-state index contributed by atoms with van der Waals surface area (Å²) < 4.78 is 33.8. The van der Waals surface area contributed by atoms with E-state index in [2.05, 4.69) is 25.2 Å². The van der Waals surface area contributed by atoms with E-state index in [0.29, 0.717) is 43.5 Å². The minimum Gasteiger partial charge on any atom is -0.454 e. The van der Waals surface area contributed by atoms with E-state index >= 15 is 0 Å². The Balaban J connectivity index is 1.18. The van der Waals surface area contributed by atoms with Crippen molar-refractivity contribution in [3.05, 3.63) is 72.4 Å². The van der Waals surface area contributed by atoms with Gasteiger partial charge in [-0.25, -0.2) is 23.5 Å². The molecule has 3 heterocycles. The molecule has 0 radical (unpaired) electrons. The molecule has 0 bridgehead atoms. The first-order chi connectivity index (χ1) is 16.5. The van der Waals surface area contributed by atoms with Crippen molar-refractivity contribution in [1.29, 1.82) is 0 Å². The Kier molecular flexibility index (Phi) is 5.70. The number of hydrogen-bond acceptors (Lipinski definition) is 5. The number of nitrogens with one attached hydrogen (secondary N) is 2. The van der Waals surface area contributed by atoms with E-state index in [9.17, 15) is 13.6 Å². The number of aromatic amines is 1. The molecule has 0 atom stereocenters. The Bertz CT molecular complexity index is 1320. The zero-order valence-corrected chi connectivity index (χ0v) is 18.4. The Morgan fingerprint density at radius 2 is 1.65 bits per heavy atom. The van der Waals surface area contributed by atoms with Gasteiger partial charge in [-0.1, -0.05) is 0 Å². The van der Waals surface area contributed by atoms with E-state index in [1.165, 1.54) is 6.20 Å². The van der Waals surface area contributed by atoms with Crippen LogP contribution in [-0.4, -0.2) is 52.1 Å². The SMILES string of the molecule is Cc1ncc(Oc2ccc(N3CCN(C(=O)Nc4c[nH]c5c(F)ccc(F)c45)CC3)cc2)cn1. The molecule has 1 saturated heterocycles. The second-order valence-corrected chi connectivity index (χ2v) is 7.95. The molecular weight excluding hydrogens is 442 g/mol. The van der Waals surface area contributed by atoms with E-state index in [1.54, 1.807) is 17.3 Å². The quantitative estimate of drug-likeness (QED) is 0.458. The highest BCUT2D eigenvalue weighted by atomic mass is 19.1. The lowest BCUT2D eigenvalue weighted by molar-refractivity contribution is 0.208. The second kappa shape index (κ2) is 8.97. The molecular formula is C24H22F2N6O2. The van der Waals surface area contributed by atoms with Crippen LogP contribution in [0, 0.1) is 18.6 Å². The second-order valence-electron chi connectivity index (χ2n) is 7.95. The van der Waals surface area contributed by atoms with Crippen LogP contribution in [0.25, 0.3) is 10.9 Å². The highest BCUT2D eigenvalue weighted by molar-refractivity contribution is 6.01. The van der Waals surface area contributed by atoms with Crippen LogP contribution < -0.4 is 15.0 Å². The van der Waals surface area contributed by atoms with Crippen LogP contribution in [0.1, 0.15) is 5.82 Å². The fourth-order valence-electron chi connectivity index (χ4n) is 3.93. The minimum absolute atomic E-state index is 0.0300. The van der Waals surface area contributed by atoms with Gasteiger partial charge in [-0.15, -0.1) is 0 Å². The van der Waals surface area contributed by atoms with E-state index in [-0.39, 0.29) is 22.6 Å².